The number of benzene rings is 4. The Morgan fingerprint density at radius 2 is 0.974 bits per heavy atom. The number of nitro groups is 1. The highest BCUT2D eigenvalue weighted by Crippen LogP contribution is 2.36. The third-order valence-electron chi connectivity index (χ3n) is 19.3. The Hall–Kier alpha value is -10.9. The number of rotatable bonds is 24. The van der Waals surface area contributed by atoms with Crippen LogP contribution in [0.1, 0.15) is 127 Å². The first kappa shape index (κ1) is 86.5. The molecule has 0 radical (unpaired) electrons. The predicted octanol–water partition coefficient (Wildman–Crippen LogP) is 14.4. The van der Waals surface area contributed by atoms with E-state index in [2.05, 4.69) is 110 Å². The van der Waals surface area contributed by atoms with Crippen molar-refractivity contribution >= 4 is 51.0 Å². The van der Waals surface area contributed by atoms with Crippen LogP contribution < -0.4 is 57.6 Å². The van der Waals surface area contributed by atoms with Crippen molar-refractivity contribution in [3.63, 3.8) is 0 Å². The van der Waals surface area contributed by atoms with Crippen molar-refractivity contribution < 1.29 is 79.9 Å². The maximum absolute atomic E-state index is 14.0. The number of ether oxygens (including phenoxy) is 2. The second-order valence-electron chi connectivity index (χ2n) is 28.0. The quantitative estimate of drug-likeness (QED) is 0.0117. The van der Waals surface area contributed by atoms with E-state index in [1.807, 2.05) is 0 Å². The Balaban J connectivity index is 0.000000182. The molecule has 614 valence electrons. The Morgan fingerprint density at radius 1 is 0.522 bits per heavy atom. The van der Waals surface area contributed by atoms with Crippen LogP contribution in [0.3, 0.4) is 0 Å². The number of nitrogens with two attached hydrogens (primary N) is 2. The zero-order valence-corrected chi connectivity index (χ0v) is 62.7. The molecule has 3 saturated carbocycles. The Kier molecular flexibility index (Phi) is 29.6. The number of alkyl halides is 12. The van der Waals surface area contributed by atoms with Crippen LogP contribution in [-0.2, 0) is 42.0 Å². The highest BCUT2D eigenvalue weighted by Gasteiger charge is 2.38. The standard InChI is InChI=1S/C28H27F6N5O.C27H27F4N5O.C22H29F3N8O4S/c29-27(30,31)22-6-3-4-18(14-22)8-11-21-17-38-26(39-25(21)36-15-19-9-12-23(35)13-10-19)37-16-20-5-1-2-7-24(20)40-28(32,33)34;28-23-7-3-1-5-19(23)11-12-21-17-35-26(36-25(21)33-15-18-9-13-22(32)14-10-18)34-16-20-6-2-4-8-24(20)37-27(29,30)31;1-38(36,37)31-16-12-32(13-16)17-4-2-14(3-5-17)8-27-20-19(33(34)35)11-29-21(30-20)28-10-15-9-26-7-6-18(15)22(23,24)25/h1-7,14,17,19,23H,9-10,12-13,15-16,35H2,(H2,36,37,38,39);1-8,17-18,22H,9-10,13-16,32H2,(H2,33,34,35,36);6-7,9,11,14,16-17,31H,2-5,8,10,12-13H2,1H3,(H2,27,28,29,30). The number of hydrogen-bond acceptors (Lipinski definition) is 22. The van der Waals surface area contributed by atoms with Crippen LogP contribution >= 0.6 is 0 Å². The lowest BCUT2D eigenvalue weighted by molar-refractivity contribution is -0.384. The summed E-state index contributed by atoms with van der Waals surface area (Å²) in [4.78, 5) is 42.3. The van der Waals surface area contributed by atoms with Crippen LogP contribution in [0.4, 0.5) is 98.1 Å². The molecule has 0 spiro atoms. The maximum Gasteiger partial charge on any atom is 0.573 e. The monoisotopic (exact) mass is 1630 g/mol. The summed E-state index contributed by atoms with van der Waals surface area (Å²) in [7, 11) is -3.22. The second-order valence-corrected chi connectivity index (χ2v) is 29.8. The lowest BCUT2D eigenvalue weighted by Gasteiger charge is -2.46. The number of pyridine rings is 1. The molecule has 5 heterocycles. The van der Waals surface area contributed by atoms with Crippen molar-refractivity contribution in [3.05, 3.63) is 200 Å². The molecule has 24 nitrogen and oxygen atoms in total. The van der Waals surface area contributed by atoms with Crippen molar-refractivity contribution in [1.82, 2.24) is 44.5 Å². The number of para-hydroxylation sites is 2. The summed E-state index contributed by atoms with van der Waals surface area (Å²) in [5, 5.41) is 29.6. The van der Waals surface area contributed by atoms with E-state index in [-0.39, 0.29) is 107 Å². The highest BCUT2D eigenvalue weighted by atomic mass is 32.2. The SMILES string of the molecule is CS(=O)(=O)NC1CN(C2CCC(CNc3nc(NCc4cnccc4C(F)(F)F)ncc3[N+](=O)[O-])CC2)C1.NC1CCC(CNc2nc(NCc3ccccc3OC(F)(F)F)ncc2C#Cc2cccc(C(F)(F)F)c2)CC1.NC1CCC(CNc2nc(NCc3ccccc3OC(F)(F)F)ncc2C#Cc2ccccc2F)CC1. The summed E-state index contributed by atoms with van der Waals surface area (Å²) in [5.74, 6) is 12.4. The Labute approximate surface area is 654 Å². The predicted molar refractivity (Wildman–Crippen MR) is 404 cm³/mol. The van der Waals surface area contributed by atoms with Gasteiger partial charge in [0, 0.05) is 111 Å². The van der Waals surface area contributed by atoms with Gasteiger partial charge in [-0.15, -0.1) is 26.3 Å². The fourth-order valence-corrected chi connectivity index (χ4v) is 14.0. The van der Waals surface area contributed by atoms with Gasteiger partial charge in [-0.25, -0.2) is 32.5 Å². The third-order valence-corrected chi connectivity index (χ3v) is 20.0. The van der Waals surface area contributed by atoms with Gasteiger partial charge in [0.05, 0.1) is 51.4 Å². The van der Waals surface area contributed by atoms with Gasteiger partial charge in [-0.05, 0) is 143 Å². The Morgan fingerprint density at radius 3 is 1.46 bits per heavy atom. The number of anilines is 6. The van der Waals surface area contributed by atoms with E-state index in [9.17, 15) is 75.6 Å². The molecule has 11 N–H and O–H groups in total. The molecule has 8 aromatic rings. The third kappa shape index (κ3) is 27.7. The van der Waals surface area contributed by atoms with Crippen molar-refractivity contribution in [2.75, 3.05) is 70.9 Å². The van der Waals surface area contributed by atoms with E-state index < -0.39 is 57.0 Å². The normalized spacial score (nSPS) is 18.6. The minimum atomic E-state index is -4.84. The van der Waals surface area contributed by atoms with E-state index in [1.165, 1.54) is 67.0 Å². The minimum absolute atomic E-state index is 0.00529. The van der Waals surface area contributed by atoms with Gasteiger partial charge in [0.25, 0.3) is 0 Å². The van der Waals surface area contributed by atoms with Gasteiger partial charge in [-0.1, -0.05) is 78.3 Å². The van der Waals surface area contributed by atoms with Crippen molar-refractivity contribution in [3.8, 4) is 35.2 Å². The van der Waals surface area contributed by atoms with Gasteiger partial charge in [0.1, 0.15) is 35.1 Å². The van der Waals surface area contributed by atoms with Gasteiger partial charge in [0.15, 0.2) is 0 Å². The van der Waals surface area contributed by atoms with Crippen molar-refractivity contribution in [2.45, 2.75) is 146 Å². The largest absolute Gasteiger partial charge is 0.573 e. The van der Waals surface area contributed by atoms with E-state index in [0.29, 0.717) is 78.9 Å². The molecule has 1 aliphatic heterocycles. The number of sulfonamides is 1. The summed E-state index contributed by atoms with van der Waals surface area (Å²) in [6.07, 6.45) is -0.193. The molecule has 4 aliphatic rings. The molecule has 0 bridgehead atoms. The van der Waals surface area contributed by atoms with Gasteiger partial charge >= 0.3 is 30.8 Å². The summed E-state index contributed by atoms with van der Waals surface area (Å²) in [5.41, 5.74) is 11.7. The second kappa shape index (κ2) is 39.4. The van der Waals surface area contributed by atoms with Crippen molar-refractivity contribution in [1.29, 1.82) is 0 Å². The number of hydrogen-bond donors (Lipinski definition) is 9. The van der Waals surface area contributed by atoms with Crippen LogP contribution in [0.2, 0.25) is 0 Å². The summed E-state index contributed by atoms with van der Waals surface area (Å²) < 4.78 is 203. The zero-order chi connectivity index (χ0) is 82.5. The van der Waals surface area contributed by atoms with Gasteiger partial charge in [-0.3, -0.25) is 20.0 Å². The molecule has 12 rings (SSSR count). The molecular weight excluding hydrogens is 1550 g/mol. The molecule has 1 saturated heterocycles. The molecule has 3 aliphatic carbocycles. The summed E-state index contributed by atoms with van der Waals surface area (Å²) in [6, 6.07) is 24.1. The van der Waals surface area contributed by atoms with Gasteiger partial charge in [0.2, 0.25) is 33.7 Å². The van der Waals surface area contributed by atoms with Crippen LogP contribution in [-0.4, -0.2) is 129 Å². The van der Waals surface area contributed by atoms with E-state index >= 15 is 0 Å². The van der Waals surface area contributed by atoms with Gasteiger partial charge < -0.3 is 52.8 Å². The molecule has 4 aromatic carbocycles. The fraction of sp³-hybridized carbons (Fsp3) is 0.416. The lowest BCUT2D eigenvalue weighted by Crippen LogP contribution is -2.62. The van der Waals surface area contributed by atoms with Crippen LogP contribution in [0.25, 0.3) is 0 Å². The van der Waals surface area contributed by atoms with Crippen LogP contribution in [0.5, 0.6) is 11.5 Å². The smallest absolute Gasteiger partial charge is 0.405 e. The average molecular weight is 1640 g/mol. The fourth-order valence-electron chi connectivity index (χ4n) is 13.2. The van der Waals surface area contributed by atoms with E-state index in [1.54, 1.807) is 30.3 Å². The summed E-state index contributed by atoms with van der Waals surface area (Å²) >= 11 is 0. The number of aromatic nitrogens is 7. The molecule has 0 atom stereocenters. The molecule has 0 unspecified atom stereocenters. The van der Waals surface area contributed by atoms with Crippen LogP contribution in [0, 0.1) is 57.4 Å². The topological polar surface area (TPSA) is 325 Å². The zero-order valence-electron chi connectivity index (χ0n) is 61.8. The number of nitrogens with one attached hydrogen (secondary N) is 7. The van der Waals surface area contributed by atoms with E-state index in [0.717, 1.165) is 120 Å². The first-order valence-electron chi connectivity index (χ1n) is 36.7. The Bertz CT molecular complexity index is 4820. The van der Waals surface area contributed by atoms with Crippen molar-refractivity contribution in [2.24, 2.45) is 29.2 Å². The first-order valence-corrected chi connectivity index (χ1v) is 38.6. The number of nitrogens with zero attached hydrogens (tertiary/aromatic N) is 9. The molecule has 115 heavy (non-hydrogen) atoms. The minimum Gasteiger partial charge on any atom is -0.405 e. The average Bonchev–Trinajstić information content (AvgIpc) is 0.794. The molecule has 38 heteroatoms. The lowest BCUT2D eigenvalue weighted by atomic mass is 9.84. The first-order chi connectivity index (χ1) is 54.6. The van der Waals surface area contributed by atoms with Gasteiger partial charge in [-0.2, -0.15) is 41.3 Å². The maximum atomic E-state index is 14.0. The highest BCUT2D eigenvalue weighted by molar-refractivity contribution is 7.88. The molecule has 4 aromatic heterocycles. The molecular formula is C77H83F13N18O6S. The number of halogens is 13. The molecule has 0 amide bonds. The van der Waals surface area contributed by atoms with E-state index in [4.69, 9.17) is 11.5 Å². The summed E-state index contributed by atoms with van der Waals surface area (Å²) in [6.45, 7) is 2.74. The molecule has 4 fully saturated rings. The number of likely N-dealkylation sites (tertiary alicyclic amines) is 1. The van der Waals surface area contributed by atoms with Crippen LogP contribution in [0.15, 0.2) is 134 Å².